The molecule has 12 heteroatoms. The lowest BCUT2D eigenvalue weighted by atomic mass is 9.53. The fourth-order valence-corrected chi connectivity index (χ4v) is 15.7. The number of hydrogen-bond acceptors (Lipinski definition) is 11. The van der Waals surface area contributed by atoms with Gasteiger partial charge in [0, 0.05) is 28.9 Å². The summed E-state index contributed by atoms with van der Waals surface area (Å²) in [5.74, 6) is 3.10. The van der Waals surface area contributed by atoms with Crippen LogP contribution in [0.25, 0.3) is 0 Å². The SMILES string of the molecule is C=C1C[C@H](O)C[C@]2(C)C[C@H]3OC(=O)C(=C)[C@H]3CC12.CC1C[C@H](O)C[C@]2(C)C[C@H]3OC(=O)[C@@H](C)[C@H]3CC12.CC1C[C@H](OC(=O)c2ccccc2)C[C@]2(C)C[C@H]3OC(=O)[C@@H](C)[C@H]3CC12.O=C(Cl)c1ccccc1. The zero-order chi connectivity index (χ0) is 51.3. The fourth-order valence-electron chi connectivity index (χ4n) is 15.5. The molecule has 11 rings (SSSR count). The maximum absolute atomic E-state index is 12.5. The molecule has 3 aliphatic heterocycles. The van der Waals surface area contributed by atoms with E-state index < -0.39 is 5.24 Å². The quantitative estimate of drug-likeness (QED) is 0.0989. The third kappa shape index (κ3) is 11.0. The molecule has 386 valence electrons. The highest BCUT2D eigenvalue weighted by molar-refractivity contribution is 6.67. The number of ether oxygens (including phenoxy) is 4. The number of esters is 4. The van der Waals surface area contributed by atoms with Gasteiger partial charge < -0.3 is 29.2 Å². The molecule has 0 bridgehead atoms. The van der Waals surface area contributed by atoms with E-state index in [1.54, 1.807) is 36.4 Å². The Kier molecular flexibility index (Phi) is 15.6. The maximum Gasteiger partial charge on any atom is 0.338 e. The van der Waals surface area contributed by atoms with Crippen LogP contribution in [0.2, 0.25) is 0 Å². The van der Waals surface area contributed by atoms with Crippen molar-refractivity contribution in [1.82, 2.24) is 0 Å². The van der Waals surface area contributed by atoms with Gasteiger partial charge in [-0.1, -0.05) is 116 Å². The summed E-state index contributed by atoms with van der Waals surface area (Å²) in [4.78, 5) is 58.2. The molecule has 3 saturated heterocycles. The van der Waals surface area contributed by atoms with E-state index in [9.17, 15) is 34.2 Å². The maximum atomic E-state index is 12.5. The largest absolute Gasteiger partial charge is 0.462 e. The van der Waals surface area contributed by atoms with Gasteiger partial charge in [-0.2, -0.15) is 0 Å². The minimum absolute atomic E-state index is 0.0135. The lowest BCUT2D eigenvalue weighted by Crippen LogP contribution is -2.50. The molecule has 6 saturated carbocycles. The standard InChI is InChI=1S/C22H28O4.C15H24O3.C15H20O3.C7H5ClO/c1-13-9-16(25-21(24)15-7-5-4-6-8-15)11-22(3)12-19-17(10-18(13)22)14(2)20(23)26-19;2*1-8-4-10(16)6-15(3)7-13-11(5-12(8)15)9(2)14(17)18-13;8-7(9)6-4-2-1-3-5-6/h4-8,13-14,16-19H,9-12H2,1-3H3;8-13,16H,4-7H2,1-3H3;10-13,16H,1-2,4-7H2,3H3;1-5H/t13?,14-,16-,17+,18?,19+,22+;8?,9-,10-,11+,12?,13+,15+;10-,11+,12?,13+,15+;/m000./s1. The van der Waals surface area contributed by atoms with E-state index in [0.29, 0.717) is 64.5 Å². The number of halogens is 1. The summed E-state index contributed by atoms with van der Waals surface area (Å²) in [5, 5.41) is 19.6. The molecule has 19 atom stereocenters. The Morgan fingerprint density at radius 3 is 1.65 bits per heavy atom. The van der Waals surface area contributed by atoms with Crippen molar-refractivity contribution in [2.45, 2.75) is 162 Å². The Morgan fingerprint density at radius 1 is 0.620 bits per heavy atom. The number of aliphatic hydroxyl groups is 2. The van der Waals surface area contributed by atoms with Crippen LogP contribution in [-0.2, 0) is 33.3 Å². The number of carbonyl (C=O) groups is 5. The molecule has 71 heavy (non-hydrogen) atoms. The summed E-state index contributed by atoms with van der Waals surface area (Å²) < 4.78 is 22.5. The van der Waals surface area contributed by atoms with Gasteiger partial charge in [-0.3, -0.25) is 14.4 Å². The Bertz CT molecular complexity index is 2340. The first-order valence-electron chi connectivity index (χ1n) is 26.3. The first-order valence-corrected chi connectivity index (χ1v) is 26.7. The predicted octanol–water partition coefficient (Wildman–Crippen LogP) is 10.9. The van der Waals surface area contributed by atoms with Crippen molar-refractivity contribution in [2.75, 3.05) is 0 Å². The summed E-state index contributed by atoms with van der Waals surface area (Å²) >= 11 is 5.16. The molecule has 0 amide bonds. The average molecular weight is 998 g/mol. The van der Waals surface area contributed by atoms with E-state index in [-0.39, 0.29) is 94.5 Å². The lowest BCUT2D eigenvalue weighted by Gasteiger charge is -2.53. The van der Waals surface area contributed by atoms with E-state index in [1.165, 1.54) is 0 Å². The van der Waals surface area contributed by atoms with Crippen LogP contribution in [-0.4, -0.2) is 76.0 Å². The van der Waals surface area contributed by atoms with E-state index in [4.69, 9.17) is 30.5 Å². The van der Waals surface area contributed by atoms with Crippen LogP contribution in [0, 0.1) is 75.4 Å². The molecule has 9 aliphatic rings. The zero-order valence-electron chi connectivity index (χ0n) is 42.9. The third-order valence-corrected chi connectivity index (χ3v) is 19.4. The molecule has 6 aliphatic carbocycles. The van der Waals surface area contributed by atoms with Gasteiger partial charge in [-0.05, 0) is 147 Å². The molecule has 0 aromatic heterocycles. The average Bonchev–Trinajstić information content (AvgIpc) is 3.85. The molecule has 11 nitrogen and oxygen atoms in total. The van der Waals surface area contributed by atoms with Gasteiger partial charge in [-0.15, -0.1) is 0 Å². The zero-order valence-corrected chi connectivity index (χ0v) is 43.6. The summed E-state index contributed by atoms with van der Waals surface area (Å²) in [7, 11) is 0. The first-order chi connectivity index (χ1) is 33.5. The summed E-state index contributed by atoms with van der Waals surface area (Å²) in [6.45, 7) is 23.3. The molecule has 2 aromatic rings. The number of carbonyl (C=O) groups excluding carboxylic acids is 5. The van der Waals surface area contributed by atoms with Crippen molar-refractivity contribution >= 4 is 40.7 Å². The van der Waals surface area contributed by atoms with Gasteiger partial charge in [0.05, 0.1) is 29.6 Å². The van der Waals surface area contributed by atoms with E-state index >= 15 is 0 Å². The Hall–Kier alpha value is -4.32. The number of benzene rings is 2. The van der Waals surface area contributed by atoms with Gasteiger partial charge in [0.2, 0.25) is 0 Å². The van der Waals surface area contributed by atoms with Crippen LogP contribution in [0.1, 0.15) is 146 Å². The lowest BCUT2D eigenvalue weighted by molar-refractivity contribution is -0.148. The van der Waals surface area contributed by atoms with Gasteiger partial charge in [-0.25, -0.2) is 9.59 Å². The minimum Gasteiger partial charge on any atom is -0.462 e. The van der Waals surface area contributed by atoms with Crippen LogP contribution in [0.15, 0.2) is 85.0 Å². The molecule has 3 heterocycles. The van der Waals surface area contributed by atoms with Crippen LogP contribution in [0.4, 0.5) is 0 Å². The molecular formula is C59H77ClO11. The topological polar surface area (TPSA) is 163 Å². The molecule has 5 unspecified atom stereocenters. The third-order valence-electron chi connectivity index (χ3n) is 19.1. The van der Waals surface area contributed by atoms with Crippen molar-refractivity contribution in [1.29, 1.82) is 0 Å². The normalized spacial score (nSPS) is 42.6. The van der Waals surface area contributed by atoms with Crippen LogP contribution < -0.4 is 0 Å². The van der Waals surface area contributed by atoms with Gasteiger partial charge in [0.25, 0.3) is 5.24 Å². The molecule has 2 N–H and O–H groups in total. The summed E-state index contributed by atoms with van der Waals surface area (Å²) in [5.41, 5.74) is 3.13. The highest BCUT2D eigenvalue weighted by Crippen LogP contribution is 2.60. The summed E-state index contributed by atoms with van der Waals surface area (Å²) in [6.07, 6.45) is 10.3. The van der Waals surface area contributed by atoms with Gasteiger partial charge in [0.1, 0.15) is 24.4 Å². The first kappa shape index (κ1) is 53.0. The number of fused-ring (bicyclic) bond motifs is 6. The highest BCUT2D eigenvalue weighted by atomic mass is 35.5. The Labute approximate surface area is 425 Å². The Balaban J connectivity index is 0.000000134. The fraction of sp³-hybridized carbons (Fsp3) is 0.644. The monoisotopic (exact) mass is 997 g/mol. The highest BCUT2D eigenvalue weighted by Gasteiger charge is 2.58. The molecule has 9 fully saturated rings. The van der Waals surface area contributed by atoms with Crippen LogP contribution >= 0.6 is 11.6 Å². The van der Waals surface area contributed by atoms with E-state index in [0.717, 1.165) is 76.2 Å². The van der Waals surface area contributed by atoms with E-state index in [1.807, 2.05) is 38.1 Å². The molecule has 0 spiro atoms. The van der Waals surface area contributed by atoms with Gasteiger partial charge in [0.15, 0.2) is 0 Å². The smallest absolute Gasteiger partial charge is 0.338 e. The second-order valence-corrected chi connectivity index (χ2v) is 24.6. The van der Waals surface area contributed by atoms with Crippen LogP contribution in [0.5, 0.6) is 0 Å². The van der Waals surface area contributed by atoms with Crippen LogP contribution in [0.3, 0.4) is 0 Å². The van der Waals surface area contributed by atoms with Crippen molar-refractivity contribution in [2.24, 2.45) is 75.4 Å². The second kappa shape index (κ2) is 20.9. The molecule has 0 radical (unpaired) electrons. The Morgan fingerprint density at radius 2 is 1.11 bits per heavy atom. The predicted molar refractivity (Wildman–Crippen MR) is 270 cm³/mol. The van der Waals surface area contributed by atoms with E-state index in [2.05, 4.69) is 47.8 Å². The van der Waals surface area contributed by atoms with Crippen molar-refractivity contribution in [3.63, 3.8) is 0 Å². The number of rotatable bonds is 3. The van der Waals surface area contributed by atoms with Crippen molar-refractivity contribution in [3.05, 3.63) is 96.1 Å². The number of hydrogen-bond donors (Lipinski definition) is 2. The van der Waals surface area contributed by atoms with Crippen molar-refractivity contribution in [3.8, 4) is 0 Å². The second-order valence-electron chi connectivity index (χ2n) is 24.2. The summed E-state index contributed by atoms with van der Waals surface area (Å²) in [6, 6.07) is 17.9. The molecule has 2 aromatic carbocycles. The minimum atomic E-state index is -0.407. The van der Waals surface area contributed by atoms with Gasteiger partial charge >= 0.3 is 23.9 Å². The molecular weight excluding hydrogens is 920 g/mol. The van der Waals surface area contributed by atoms with Crippen molar-refractivity contribution < 1.29 is 53.1 Å². The number of aliphatic hydroxyl groups excluding tert-OH is 2.